The van der Waals surface area contributed by atoms with E-state index in [9.17, 15) is 8.78 Å². The number of hydrogen-bond donors (Lipinski definition) is 1. The van der Waals surface area contributed by atoms with E-state index in [2.05, 4.69) is 10.3 Å². The maximum Gasteiger partial charge on any atom is 0.193 e. The lowest BCUT2D eigenvalue weighted by molar-refractivity contribution is 0.382. The summed E-state index contributed by atoms with van der Waals surface area (Å²) in [6, 6.07) is 9.18. The highest BCUT2D eigenvalue weighted by atomic mass is 127. The quantitative estimate of drug-likeness (QED) is 0.353. The number of methoxy groups -OCH3 is 2. The minimum atomic E-state index is -0.571. The molecule has 0 saturated carbocycles. The molecule has 0 aliphatic heterocycles. The van der Waals surface area contributed by atoms with Gasteiger partial charge in [0.05, 0.1) is 14.2 Å². The van der Waals surface area contributed by atoms with Gasteiger partial charge in [-0.3, -0.25) is 4.99 Å². The molecule has 0 spiro atoms. The fraction of sp³-hybridized carbons (Fsp3) is 0.350. The van der Waals surface area contributed by atoms with Crippen LogP contribution in [0, 0.1) is 11.6 Å². The maximum absolute atomic E-state index is 13.3. The van der Waals surface area contributed by atoms with Crippen molar-refractivity contribution in [1.82, 2.24) is 10.2 Å². The Balaban J connectivity index is 0.00000392. The summed E-state index contributed by atoms with van der Waals surface area (Å²) >= 11 is 0. The molecule has 28 heavy (non-hydrogen) atoms. The second-order valence-electron chi connectivity index (χ2n) is 6.04. The van der Waals surface area contributed by atoms with Crippen molar-refractivity contribution in [3.63, 3.8) is 0 Å². The first-order chi connectivity index (χ1) is 13.0. The van der Waals surface area contributed by atoms with Crippen LogP contribution in [0.4, 0.5) is 8.78 Å². The monoisotopic (exact) mass is 505 g/mol. The molecule has 0 radical (unpaired) electrons. The summed E-state index contributed by atoms with van der Waals surface area (Å²) in [6.07, 6.45) is 0.480. The van der Waals surface area contributed by atoms with Crippen LogP contribution in [0.1, 0.15) is 11.1 Å². The molecule has 0 aromatic heterocycles. The van der Waals surface area contributed by atoms with E-state index in [1.165, 1.54) is 12.1 Å². The Bertz CT molecular complexity index is 783. The third-order valence-corrected chi connectivity index (χ3v) is 4.09. The molecular weight excluding hydrogens is 479 g/mol. The Morgan fingerprint density at radius 3 is 2.32 bits per heavy atom. The first-order valence-electron chi connectivity index (χ1n) is 8.54. The highest BCUT2D eigenvalue weighted by Crippen LogP contribution is 2.25. The van der Waals surface area contributed by atoms with Gasteiger partial charge in [0.25, 0.3) is 0 Å². The lowest BCUT2D eigenvalue weighted by Gasteiger charge is -2.23. The number of hydrogen-bond acceptors (Lipinski definition) is 3. The van der Waals surface area contributed by atoms with Gasteiger partial charge in [0, 0.05) is 44.9 Å². The minimum absolute atomic E-state index is 0. The molecule has 1 N–H and O–H groups in total. The number of aliphatic imine (C=N–C) groups is 1. The molecule has 0 fully saturated rings. The van der Waals surface area contributed by atoms with Crippen LogP contribution >= 0.6 is 24.0 Å². The van der Waals surface area contributed by atoms with E-state index in [1.54, 1.807) is 21.3 Å². The van der Waals surface area contributed by atoms with Gasteiger partial charge in [-0.15, -0.1) is 24.0 Å². The first-order valence-corrected chi connectivity index (χ1v) is 8.54. The van der Waals surface area contributed by atoms with E-state index in [0.29, 0.717) is 31.0 Å². The number of ether oxygens (including phenoxy) is 2. The topological polar surface area (TPSA) is 46.1 Å². The predicted octanol–water partition coefficient (Wildman–Crippen LogP) is 3.85. The second-order valence-corrected chi connectivity index (χ2v) is 6.04. The number of guanidine groups is 1. The molecule has 154 valence electrons. The highest BCUT2D eigenvalue weighted by molar-refractivity contribution is 14.0. The van der Waals surface area contributed by atoms with E-state index < -0.39 is 11.6 Å². The van der Waals surface area contributed by atoms with E-state index in [0.717, 1.165) is 23.1 Å². The molecule has 5 nitrogen and oxygen atoms in total. The molecule has 0 unspecified atom stereocenters. The largest absolute Gasteiger partial charge is 0.497 e. The van der Waals surface area contributed by atoms with E-state index in [-0.39, 0.29) is 24.0 Å². The van der Waals surface area contributed by atoms with Gasteiger partial charge in [-0.05, 0) is 36.2 Å². The zero-order chi connectivity index (χ0) is 19.8. The Hall–Kier alpha value is -2.10. The number of benzene rings is 2. The lowest BCUT2D eigenvalue weighted by Crippen LogP contribution is -2.39. The normalized spacial score (nSPS) is 10.9. The van der Waals surface area contributed by atoms with Crippen molar-refractivity contribution in [3.8, 4) is 11.5 Å². The van der Waals surface area contributed by atoms with Gasteiger partial charge in [0.1, 0.15) is 23.1 Å². The zero-order valence-electron chi connectivity index (χ0n) is 16.5. The standard InChI is InChI=1S/C20H25F2N3O2.HI/c1-23-20(24-8-7-14-9-16(21)11-17(22)10-14)25(2)13-15-5-6-18(26-3)12-19(15)27-4;/h5-6,9-12H,7-8,13H2,1-4H3,(H,23,24);1H. The van der Waals surface area contributed by atoms with E-state index in [1.807, 2.05) is 30.1 Å². The van der Waals surface area contributed by atoms with Crippen LogP contribution in [0.25, 0.3) is 0 Å². The molecule has 2 aromatic rings. The predicted molar refractivity (Wildman–Crippen MR) is 118 cm³/mol. The SMILES string of the molecule is CN=C(NCCc1cc(F)cc(F)c1)N(C)Cc1ccc(OC)cc1OC.I. The van der Waals surface area contributed by atoms with Crippen LogP contribution in [0.5, 0.6) is 11.5 Å². The summed E-state index contributed by atoms with van der Waals surface area (Å²) in [5.41, 5.74) is 1.57. The Kier molecular flexibility index (Phi) is 9.98. The summed E-state index contributed by atoms with van der Waals surface area (Å²) < 4.78 is 37.2. The van der Waals surface area contributed by atoms with Gasteiger partial charge in [-0.2, -0.15) is 0 Å². The van der Waals surface area contributed by atoms with E-state index in [4.69, 9.17) is 9.47 Å². The Labute approximate surface area is 181 Å². The van der Waals surface area contributed by atoms with Crippen LogP contribution in [0.15, 0.2) is 41.4 Å². The van der Waals surface area contributed by atoms with Gasteiger partial charge < -0.3 is 19.7 Å². The van der Waals surface area contributed by atoms with Gasteiger partial charge in [0.2, 0.25) is 0 Å². The number of rotatable bonds is 7. The Morgan fingerprint density at radius 1 is 1.07 bits per heavy atom. The van der Waals surface area contributed by atoms with Crippen LogP contribution in [-0.4, -0.2) is 45.7 Å². The molecule has 0 amide bonds. The zero-order valence-corrected chi connectivity index (χ0v) is 18.8. The smallest absolute Gasteiger partial charge is 0.193 e. The second kappa shape index (κ2) is 11.7. The average Bonchev–Trinajstić information content (AvgIpc) is 2.64. The van der Waals surface area contributed by atoms with Crippen LogP contribution < -0.4 is 14.8 Å². The van der Waals surface area contributed by atoms with Crippen molar-refractivity contribution in [2.24, 2.45) is 4.99 Å². The molecule has 2 rings (SSSR count). The van der Waals surface area contributed by atoms with Crippen molar-refractivity contribution in [2.75, 3.05) is 34.9 Å². The van der Waals surface area contributed by atoms with Crippen LogP contribution in [0.3, 0.4) is 0 Å². The van der Waals surface area contributed by atoms with Crippen molar-refractivity contribution in [3.05, 3.63) is 59.2 Å². The third-order valence-electron chi connectivity index (χ3n) is 4.09. The summed E-state index contributed by atoms with van der Waals surface area (Å²) in [7, 11) is 6.81. The highest BCUT2D eigenvalue weighted by Gasteiger charge is 2.11. The van der Waals surface area contributed by atoms with Crippen LogP contribution in [-0.2, 0) is 13.0 Å². The van der Waals surface area contributed by atoms with Crippen molar-refractivity contribution >= 4 is 29.9 Å². The van der Waals surface area contributed by atoms with Crippen molar-refractivity contribution in [2.45, 2.75) is 13.0 Å². The van der Waals surface area contributed by atoms with Crippen molar-refractivity contribution < 1.29 is 18.3 Å². The van der Waals surface area contributed by atoms with Gasteiger partial charge in [-0.1, -0.05) is 0 Å². The summed E-state index contributed by atoms with van der Waals surface area (Å²) in [5.74, 6) is 0.982. The summed E-state index contributed by atoms with van der Waals surface area (Å²) in [5, 5.41) is 3.20. The molecule has 0 saturated heterocycles. The summed E-state index contributed by atoms with van der Waals surface area (Å²) in [4.78, 5) is 6.20. The van der Waals surface area contributed by atoms with Gasteiger partial charge in [-0.25, -0.2) is 8.78 Å². The number of halogens is 3. The van der Waals surface area contributed by atoms with Crippen molar-refractivity contribution in [1.29, 1.82) is 0 Å². The van der Waals surface area contributed by atoms with Gasteiger partial charge >= 0.3 is 0 Å². The lowest BCUT2D eigenvalue weighted by atomic mass is 10.1. The number of nitrogens with one attached hydrogen (secondary N) is 1. The fourth-order valence-corrected chi connectivity index (χ4v) is 2.77. The average molecular weight is 505 g/mol. The summed E-state index contributed by atoms with van der Waals surface area (Å²) in [6.45, 7) is 1.07. The molecule has 8 heteroatoms. The molecule has 0 aliphatic carbocycles. The van der Waals surface area contributed by atoms with Gasteiger partial charge in [0.15, 0.2) is 5.96 Å². The molecule has 0 bridgehead atoms. The molecule has 0 aliphatic rings. The maximum atomic E-state index is 13.3. The van der Waals surface area contributed by atoms with Crippen LogP contribution in [0.2, 0.25) is 0 Å². The molecule has 0 heterocycles. The molecule has 0 atom stereocenters. The first kappa shape index (κ1) is 23.9. The Morgan fingerprint density at radius 2 is 1.75 bits per heavy atom. The third kappa shape index (κ3) is 6.81. The minimum Gasteiger partial charge on any atom is -0.497 e. The molecule has 2 aromatic carbocycles. The molecular formula is C20H26F2IN3O2. The number of nitrogens with zero attached hydrogens (tertiary/aromatic N) is 2. The fourth-order valence-electron chi connectivity index (χ4n) is 2.77. The van der Waals surface area contributed by atoms with E-state index >= 15 is 0 Å².